The molecule has 1 unspecified atom stereocenters. The molecule has 74 valence electrons. The first-order valence-electron chi connectivity index (χ1n) is 4.69. The van der Waals surface area contributed by atoms with Gasteiger partial charge < -0.3 is 4.74 Å². The molecule has 0 bridgehead atoms. The molecule has 1 atom stereocenters. The average Bonchev–Trinajstić information content (AvgIpc) is 1.84. The minimum absolute atomic E-state index is 0.0135. The first-order valence-corrected chi connectivity index (χ1v) is 5.23. The van der Waals surface area contributed by atoms with Crippen LogP contribution in [0.25, 0.3) is 0 Å². The molecule has 0 heterocycles. The van der Waals surface area contributed by atoms with Gasteiger partial charge in [0, 0.05) is 5.88 Å². The molecule has 0 N–H and O–H groups in total. The molecule has 0 aromatic heterocycles. The lowest BCUT2D eigenvalue weighted by Gasteiger charge is -2.24. The Kier molecular flexibility index (Phi) is 5.94. The molecule has 0 aromatic carbocycles. The van der Waals surface area contributed by atoms with Gasteiger partial charge in [-0.25, -0.2) is 0 Å². The maximum absolute atomic E-state index is 5.74. The highest BCUT2D eigenvalue weighted by molar-refractivity contribution is 6.17. The zero-order valence-electron chi connectivity index (χ0n) is 8.69. The topological polar surface area (TPSA) is 9.23 Å². The summed E-state index contributed by atoms with van der Waals surface area (Å²) in [6, 6.07) is 0. The molecule has 2 heteroatoms. The molecule has 0 fully saturated rings. The molecule has 0 radical (unpaired) electrons. The summed E-state index contributed by atoms with van der Waals surface area (Å²) in [5.74, 6) is 0.766. The summed E-state index contributed by atoms with van der Waals surface area (Å²) in [4.78, 5) is 0. The molecule has 0 rings (SSSR count). The Hall–Kier alpha value is 0.250. The zero-order valence-corrected chi connectivity index (χ0v) is 9.45. The molecular weight excluding hydrogens is 172 g/mol. The third-order valence-corrected chi connectivity index (χ3v) is 1.82. The van der Waals surface area contributed by atoms with Crippen LogP contribution in [-0.4, -0.2) is 17.6 Å². The Labute approximate surface area is 81.4 Å². The number of alkyl halides is 1. The van der Waals surface area contributed by atoms with E-state index in [-0.39, 0.29) is 5.60 Å². The first kappa shape index (κ1) is 12.2. The van der Waals surface area contributed by atoms with Gasteiger partial charge in [0.15, 0.2) is 0 Å². The maximum Gasteiger partial charge on any atom is 0.0602 e. The van der Waals surface area contributed by atoms with Gasteiger partial charge in [-0.05, 0) is 47.0 Å². The van der Waals surface area contributed by atoms with Crippen LogP contribution in [0.3, 0.4) is 0 Å². The summed E-state index contributed by atoms with van der Waals surface area (Å²) < 4.78 is 5.74. The van der Waals surface area contributed by atoms with Gasteiger partial charge in [0.05, 0.1) is 11.7 Å². The average molecular weight is 193 g/mol. The molecule has 0 amide bonds. The fraction of sp³-hybridized carbons (Fsp3) is 1.00. The molecule has 12 heavy (non-hydrogen) atoms. The highest BCUT2D eigenvalue weighted by Gasteiger charge is 2.14. The van der Waals surface area contributed by atoms with Gasteiger partial charge in [-0.1, -0.05) is 0 Å². The Morgan fingerprint density at radius 1 is 1.25 bits per heavy atom. The monoisotopic (exact) mass is 192 g/mol. The van der Waals surface area contributed by atoms with Crippen molar-refractivity contribution in [1.29, 1.82) is 0 Å². The Bertz CT molecular complexity index is 107. The minimum atomic E-state index is -0.0135. The van der Waals surface area contributed by atoms with E-state index in [0.29, 0.717) is 6.10 Å². The molecule has 1 nitrogen and oxygen atoms in total. The van der Waals surface area contributed by atoms with Crippen LogP contribution in [0, 0.1) is 0 Å². The summed E-state index contributed by atoms with van der Waals surface area (Å²) in [5.41, 5.74) is -0.0135. The Balaban J connectivity index is 3.40. The highest BCUT2D eigenvalue weighted by Crippen LogP contribution is 2.14. The predicted molar refractivity (Wildman–Crippen MR) is 54.9 cm³/mol. The molecule has 0 spiro atoms. The fourth-order valence-electron chi connectivity index (χ4n) is 1.19. The van der Waals surface area contributed by atoms with Crippen molar-refractivity contribution in [3.63, 3.8) is 0 Å². The zero-order chi connectivity index (χ0) is 9.61. The van der Waals surface area contributed by atoms with E-state index >= 15 is 0 Å². The van der Waals surface area contributed by atoms with Crippen molar-refractivity contribution in [3.8, 4) is 0 Å². The number of ether oxygens (including phenoxy) is 1. The van der Waals surface area contributed by atoms with E-state index in [1.807, 2.05) is 0 Å². The van der Waals surface area contributed by atoms with Gasteiger partial charge >= 0.3 is 0 Å². The molecule has 0 aliphatic heterocycles. The van der Waals surface area contributed by atoms with E-state index in [9.17, 15) is 0 Å². The van der Waals surface area contributed by atoms with Crippen LogP contribution in [0.4, 0.5) is 0 Å². The van der Waals surface area contributed by atoms with Crippen LogP contribution in [0.2, 0.25) is 0 Å². The number of rotatable bonds is 5. The quantitative estimate of drug-likeness (QED) is 0.478. The van der Waals surface area contributed by atoms with Crippen molar-refractivity contribution in [1.82, 2.24) is 0 Å². The third kappa shape index (κ3) is 8.35. The largest absolute Gasteiger partial charge is 0.373 e. The first-order chi connectivity index (χ1) is 5.45. The van der Waals surface area contributed by atoms with Crippen LogP contribution in [-0.2, 0) is 4.74 Å². The van der Waals surface area contributed by atoms with Crippen LogP contribution < -0.4 is 0 Å². The second-order valence-electron chi connectivity index (χ2n) is 4.23. The van der Waals surface area contributed by atoms with Crippen molar-refractivity contribution >= 4 is 11.6 Å². The fourth-order valence-corrected chi connectivity index (χ4v) is 1.38. The summed E-state index contributed by atoms with van der Waals surface area (Å²) in [7, 11) is 0. The second-order valence-corrected chi connectivity index (χ2v) is 4.60. The normalized spacial score (nSPS) is 14.8. The minimum Gasteiger partial charge on any atom is -0.373 e. The van der Waals surface area contributed by atoms with Crippen molar-refractivity contribution in [2.45, 2.75) is 58.7 Å². The Morgan fingerprint density at radius 3 is 2.25 bits per heavy atom. The number of halogens is 1. The SMILES string of the molecule is CC(CCCCCl)OC(C)(C)C. The van der Waals surface area contributed by atoms with Gasteiger partial charge in [0.1, 0.15) is 0 Å². The van der Waals surface area contributed by atoms with E-state index in [1.165, 1.54) is 6.42 Å². The number of unbranched alkanes of at least 4 members (excludes halogenated alkanes) is 1. The van der Waals surface area contributed by atoms with Crippen LogP contribution in [0.15, 0.2) is 0 Å². The van der Waals surface area contributed by atoms with Crippen LogP contribution in [0.1, 0.15) is 47.0 Å². The number of hydrogen-bond acceptors (Lipinski definition) is 1. The molecule has 0 aromatic rings. The lowest BCUT2D eigenvalue weighted by atomic mass is 10.1. The van der Waals surface area contributed by atoms with Crippen molar-refractivity contribution in [3.05, 3.63) is 0 Å². The van der Waals surface area contributed by atoms with E-state index in [2.05, 4.69) is 27.7 Å². The number of hydrogen-bond donors (Lipinski definition) is 0. The van der Waals surface area contributed by atoms with Crippen molar-refractivity contribution in [2.75, 3.05) is 5.88 Å². The molecule has 0 aliphatic rings. The van der Waals surface area contributed by atoms with Gasteiger partial charge in [0.25, 0.3) is 0 Å². The highest BCUT2D eigenvalue weighted by atomic mass is 35.5. The standard InChI is InChI=1S/C10H21ClO/c1-9(7-5-6-8-11)12-10(2,3)4/h9H,5-8H2,1-4H3. The van der Waals surface area contributed by atoms with Gasteiger partial charge in [-0.2, -0.15) is 0 Å². The van der Waals surface area contributed by atoms with Crippen LogP contribution in [0.5, 0.6) is 0 Å². The predicted octanol–water partition coefficient (Wildman–Crippen LogP) is 3.60. The van der Waals surface area contributed by atoms with E-state index < -0.39 is 0 Å². The molecule has 0 saturated carbocycles. The molecule has 0 saturated heterocycles. The van der Waals surface area contributed by atoms with Crippen molar-refractivity contribution in [2.24, 2.45) is 0 Å². The third-order valence-electron chi connectivity index (χ3n) is 1.55. The lowest BCUT2D eigenvalue weighted by Crippen LogP contribution is -2.25. The summed E-state index contributed by atoms with van der Waals surface area (Å²) in [6.07, 6.45) is 3.73. The van der Waals surface area contributed by atoms with Gasteiger partial charge in [0.2, 0.25) is 0 Å². The Morgan fingerprint density at radius 2 is 1.83 bits per heavy atom. The maximum atomic E-state index is 5.74. The van der Waals surface area contributed by atoms with Crippen molar-refractivity contribution < 1.29 is 4.74 Å². The lowest BCUT2D eigenvalue weighted by molar-refractivity contribution is -0.0547. The molecular formula is C10H21ClO. The second kappa shape index (κ2) is 5.82. The van der Waals surface area contributed by atoms with E-state index in [4.69, 9.17) is 16.3 Å². The molecule has 0 aliphatic carbocycles. The summed E-state index contributed by atoms with van der Waals surface area (Å²) in [5, 5.41) is 0. The summed E-state index contributed by atoms with van der Waals surface area (Å²) in [6.45, 7) is 8.39. The smallest absolute Gasteiger partial charge is 0.0602 e. The van der Waals surface area contributed by atoms with E-state index in [1.54, 1.807) is 0 Å². The van der Waals surface area contributed by atoms with Crippen LogP contribution >= 0.6 is 11.6 Å². The van der Waals surface area contributed by atoms with E-state index in [0.717, 1.165) is 18.7 Å². The van der Waals surface area contributed by atoms with Gasteiger partial charge in [-0.15, -0.1) is 11.6 Å². The van der Waals surface area contributed by atoms with Gasteiger partial charge in [-0.3, -0.25) is 0 Å². The summed E-state index contributed by atoms with van der Waals surface area (Å²) >= 11 is 5.58.